The Morgan fingerprint density at radius 3 is 2.72 bits per heavy atom. The summed E-state index contributed by atoms with van der Waals surface area (Å²) in [5, 5.41) is 10.8. The molecule has 1 N–H and O–H groups in total. The van der Waals surface area contributed by atoms with Crippen LogP contribution in [0, 0.1) is 5.92 Å². The van der Waals surface area contributed by atoms with Gasteiger partial charge in [0.05, 0.1) is 23.9 Å². The molecule has 2 aliphatic carbocycles. The van der Waals surface area contributed by atoms with Gasteiger partial charge in [-0.2, -0.15) is 0 Å². The Bertz CT molecular complexity index is 769. The van der Waals surface area contributed by atoms with Crippen molar-refractivity contribution in [3.63, 3.8) is 0 Å². The van der Waals surface area contributed by atoms with Crippen LogP contribution in [-0.4, -0.2) is 35.5 Å². The van der Waals surface area contributed by atoms with Gasteiger partial charge in [0.2, 0.25) is 0 Å². The summed E-state index contributed by atoms with van der Waals surface area (Å²) >= 11 is 0. The summed E-state index contributed by atoms with van der Waals surface area (Å²) in [5.41, 5.74) is 3.84. The van der Waals surface area contributed by atoms with Gasteiger partial charge in [-0.1, -0.05) is 11.6 Å². The molecule has 4 rings (SSSR count). The van der Waals surface area contributed by atoms with Crippen LogP contribution in [-0.2, 0) is 23.8 Å². The number of ether oxygens (including phenoxy) is 3. The van der Waals surface area contributed by atoms with Gasteiger partial charge in [-0.15, -0.1) is 0 Å². The number of carbonyl (C=O) groups excluding carboxylic acids is 2. The molecule has 0 aromatic carbocycles. The van der Waals surface area contributed by atoms with Crippen molar-refractivity contribution in [2.24, 2.45) is 5.92 Å². The number of cyclic esters (lactones) is 1. The van der Waals surface area contributed by atoms with E-state index in [0.717, 1.165) is 30.4 Å². The molecule has 0 spiro atoms. The van der Waals surface area contributed by atoms with Gasteiger partial charge in [0.1, 0.15) is 6.10 Å². The monoisotopic (exact) mass is 344 g/mol. The van der Waals surface area contributed by atoms with Gasteiger partial charge in [-0.05, 0) is 44.3 Å². The summed E-state index contributed by atoms with van der Waals surface area (Å²) in [6, 6.07) is 0. The first-order chi connectivity index (χ1) is 12.0. The van der Waals surface area contributed by atoms with Gasteiger partial charge in [0.25, 0.3) is 6.29 Å². The fraction of sp³-hybridized carbons (Fsp3) is 0.474. The van der Waals surface area contributed by atoms with E-state index in [2.05, 4.69) is 6.92 Å². The predicted molar refractivity (Wildman–Crippen MR) is 86.8 cm³/mol. The Kier molecular flexibility index (Phi) is 3.80. The Hall–Kier alpha value is -2.34. The number of carbonyl (C=O) groups is 2. The number of allylic oxidation sites excluding steroid dienone is 1. The quantitative estimate of drug-likeness (QED) is 0.469. The second-order valence-electron chi connectivity index (χ2n) is 6.95. The highest BCUT2D eigenvalue weighted by Gasteiger charge is 2.52. The second kappa shape index (κ2) is 5.88. The molecule has 0 radical (unpaired) electrons. The van der Waals surface area contributed by atoms with Crippen molar-refractivity contribution >= 4 is 11.9 Å². The molecule has 2 aliphatic heterocycles. The van der Waals surface area contributed by atoms with E-state index in [1.165, 1.54) is 11.8 Å². The van der Waals surface area contributed by atoms with Crippen molar-refractivity contribution in [3.05, 3.63) is 46.3 Å². The van der Waals surface area contributed by atoms with Gasteiger partial charge < -0.3 is 19.3 Å². The molecule has 1 fully saturated rings. The number of aliphatic hydroxyl groups excluding tert-OH is 1. The SMILES string of the molecule is CC1=CC2=C(CCC1)[C@H](O)[C@H]1/C(=C\OC3C=C(C)C(=O)O3)C(=O)O[C@@H]21. The molecule has 0 saturated carbocycles. The Balaban J connectivity index is 1.59. The maximum Gasteiger partial charge on any atom is 0.338 e. The summed E-state index contributed by atoms with van der Waals surface area (Å²) in [5.74, 6) is -1.41. The molecule has 4 atom stereocenters. The van der Waals surface area contributed by atoms with E-state index in [4.69, 9.17) is 14.2 Å². The van der Waals surface area contributed by atoms with Crippen molar-refractivity contribution < 1.29 is 28.9 Å². The minimum atomic E-state index is -0.849. The molecular formula is C19H20O6. The maximum atomic E-state index is 12.3. The Morgan fingerprint density at radius 2 is 2.00 bits per heavy atom. The minimum Gasteiger partial charge on any atom is -0.458 e. The highest BCUT2D eigenvalue weighted by atomic mass is 16.7. The van der Waals surface area contributed by atoms with E-state index in [0.29, 0.717) is 5.57 Å². The summed E-state index contributed by atoms with van der Waals surface area (Å²) in [7, 11) is 0. The van der Waals surface area contributed by atoms with E-state index in [1.54, 1.807) is 13.0 Å². The second-order valence-corrected chi connectivity index (χ2v) is 6.95. The zero-order valence-electron chi connectivity index (χ0n) is 14.2. The third-order valence-corrected chi connectivity index (χ3v) is 5.21. The topological polar surface area (TPSA) is 82.1 Å². The van der Waals surface area contributed by atoms with Crippen molar-refractivity contribution in [3.8, 4) is 0 Å². The molecule has 0 aromatic heterocycles. The Labute approximate surface area is 145 Å². The van der Waals surface area contributed by atoms with Crippen LogP contribution in [0.2, 0.25) is 0 Å². The number of hydrogen-bond acceptors (Lipinski definition) is 6. The van der Waals surface area contributed by atoms with Crippen molar-refractivity contribution in [2.75, 3.05) is 0 Å². The van der Waals surface area contributed by atoms with Crippen LogP contribution < -0.4 is 0 Å². The van der Waals surface area contributed by atoms with Crippen LogP contribution in [0.5, 0.6) is 0 Å². The fourth-order valence-electron chi connectivity index (χ4n) is 3.92. The first kappa shape index (κ1) is 16.1. The fourth-order valence-corrected chi connectivity index (χ4v) is 3.92. The highest BCUT2D eigenvalue weighted by Crippen LogP contribution is 2.47. The predicted octanol–water partition coefficient (Wildman–Crippen LogP) is 2.06. The van der Waals surface area contributed by atoms with Crippen LogP contribution in [0.1, 0.15) is 33.1 Å². The molecule has 1 unspecified atom stereocenters. The highest BCUT2D eigenvalue weighted by molar-refractivity contribution is 5.93. The number of fused-ring (bicyclic) bond motifs is 2. The van der Waals surface area contributed by atoms with E-state index in [1.807, 2.05) is 6.08 Å². The average molecular weight is 344 g/mol. The lowest BCUT2D eigenvalue weighted by Crippen LogP contribution is -2.24. The number of esters is 2. The average Bonchev–Trinajstić information content (AvgIpc) is 3.07. The molecule has 6 heteroatoms. The third kappa shape index (κ3) is 2.61. The standard InChI is InChI=1S/C19H20O6/c1-9-4-3-5-11-12(6-9)17-15(16(11)20)13(19(22)25-17)8-23-14-7-10(2)18(21)24-14/h6-8,14-17,20H,3-5H2,1-2H3/b13-8+/t14?,15-,16+,17+/m1/s1. The lowest BCUT2D eigenvalue weighted by molar-refractivity contribution is -0.152. The minimum absolute atomic E-state index is 0.283. The molecule has 0 bridgehead atoms. The van der Waals surface area contributed by atoms with Crippen LogP contribution in [0.3, 0.4) is 0 Å². The molecule has 132 valence electrons. The Morgan fingerprint density at radius 1 is 1.20 bits per heavy atom. The molecule has 0 aromatic rings. The first-order valence-electron chi connectivity index (χ1n) is 8.50. The molecule has 6 nitrogen and oxygen atoms in total. The summed E-state index contributed by atoms with van der Waals surface area (Å²) < 4.78 is 16.0. The molecule has 2 heterocycles. The van der Waals surface area contributed by atoms with Crippen molar-refractivity contribution in [2.45, 2.75) is 51.6 Å². The zero-order chi connectivity index (χ0) is 17.7. The number of aliphatic hydroxyl groups is 1. The van der Waals surface area contributed by atoms with Crippen LogP contribution in [0.4, 0.5) is 0 Å². The molecule has 1 saturated heterocycles. The van der Waals surface area contributed by atoms with Gasteiger partial charge in [-0.25, -0.2) is 9.59 Å². The maximum absolute atomic E-state index is 12.3. The van der Waals surface area contributed by atoms with Gasteiger partial charge in [0.15, 0.2) is 0 Å². The van der Waals surface area contributed by atoms with Crippen LogP contribution >= 0.6 is 0 Å². The summed E-state index contributed by atoms with van der Waals surface area (Å²) in [4.78, 5) is 23.6. The molecule has 4 aliphatic rings. The zero-order valence-corrected chi connectivity index (χ0v) is 14.2. The van der Waals surface area contributed by atoms with Crippen LogP contribution in [0.15, 0.2) is 46.3 Å². The summed E-state index contributed by atoms with van der Waals surface area (Å²) in [6.07, 6.45) is 5.53. The molecular weight excluding hydrogens is 324 g/mol. The first-order valence-corrected chi connectivity index (χ1v) is 8.50. The van der Waals surface area contributed by atoms with Gasteiger partial charge in [-0.3, -0.25) is 0 Å². The largest absolute Gasteiger partial charge is 0.458 e. The lowest BCUT2D eigenvalue weighted by atomic mass is 9.92. The third-order valence-electron chi connectivity index (χ3n) is 5.21. The van der Waals surface area contributed by atoms with Crippen molar-refractivity contribution in [1.29, 1.82) is 0 Å². The number of rotatable bonds is 2. The number of hydrogen-bond donors (Lipinski definition) is 1. The molecule has 25 heavy (non-hydrogen) atoms. The molecule has 0 amide bonds. The van der Waals surface area contributed by atoms with Gasteiger partial charge in [0, 0.05) is 11.6 Å². The van der Waals surface area contributed by atoms with E-state index >= 15 is 0 Å². The van der Waals surface area contributed by atoms with E-state index < -0.39 is 36.4 Å². The smallest absolute Gasteiger partial charge is 0.338 e. The van der Waals surface area contributed by atoms with E-state index in [-0.39, 0.29) is 5.57 Å². The van der Waals surface area contributed by atoms with Gasteiger partial charge >= 0.3 is 11.9 Å². The normalized spacial score (nSPS) is 35.7. The lowest BCUT2D eigenvalue weighted by Gasteiger charge is -2.16. The van der Waals surface area contributed by atoms with Crippen molar-refractivity contribution in [1.82, 2.24) is 0 Å². The summed E-state index contributed by atoms with van der Waals surface area (Å²) in [6.45, 7) is 3.68. The van der Waals surface area contributed by atoms with E-state index in [9.17, 15) is 14.7 Å². The van der Waals surface area contributed by atoms with Crippen LogP contribution in [0.25, 0.3) is 0 Å².